The third kappa shape index (κ3) is 7.60. The number of methoxy groups -OCH3 is 3. The fourth-order valence-electron chi connectivity index (χ4n) is 5.31. The summed E-state index contributed by atoms with van der Waals surface area (Å²) in [6.07, 6.45) is 3.28. The molecule has 0 fully saturated rings. The predicted octanol–water partition coefficient (Wildman–Crippen LogP) is 4.67. The highest BCUT2D eigenvalue weighted by Crippen LogP contribution is 2.33. The number of carbonyl (C=O) groups is 1. The van der Waals surface area contributed by atoms with Gasteiger partial charge in [0.15, 0.2) is 11.5 Å². The van der Waals surface area contributed by atoms with Crippen molar-refractivity contribution < 1.29 is 43.8 Å². The van der Waals surface area contributed by atoms with Crippen LogP contribution in [0.15, 0.2) is 66.7 Å². The summed E-state index contributed by atoms with van der Waals surface area (Å²) < 4.78 is 28.1. The molecule has 5 N–H and O–H groups in total. The molecule has 4 aromatic rings. The molecule has 1 amide bonds. The van der Waals surface area contributed by atoms with Crippen molar-refractivity contribution >= 4 is 23.7 Å². The molecule has 1 atom stereocenters. The van der Waals surface area contributed by atoms with Crippen LogP contribution in [0.4, 0.5) is 5.69 Å². The summed E-state index contributed by atoms with van der Waals surface area (Å²) in [5, 5.41) is 35.7. The second-order valence-electron chi connectivity index (χ2n) is 10.6. The molecule has 0 bridgehead atoms. The van der Waals surface area contributed by atoms with Gasteiger partial charge in [-0.1, -0.05) is 24.3 Å². The van der Waals surface area contributed by atoms with Gasteiger partial charge in [0.1, 0.15) is 36.6 Å². The second kappa shape index (κ2) is 15.4. The number of benzene rings is 4. The molecule has 0 radical (unpaired) electrons. The maximum atomic E-state index is 12.8. The standard InChI is InChI=1S/C36H38N2O9/c1-43-27-8-9-30-28(18-27)36(42)38-35(37-30)24-7-11-31(26(17-24)20-40)46-12-13-47-34-15-22(6-10-32(34)44-2)4-5-23-14-25(19-39)29(21-41)33(16-23)45-3/h4-11,14-18,35,37,39-41H,12-13,19-21H2,1-3H3,(H,38,42)/b5-4-. The van der Waals surface area contributed by atoms with E-state index in [-0.39, 0.29) is 38.9 Å². The van der Waals surface area contributed by atoms with Crippen LogP contribution in [-0.4, -0.2) is 55.8 Å². The largest absolute Gasteiger partial charge is 0.497 e. The Bertz CT molecular complexity index is 1730. The molecule has 246 valence electrons. The molecule has 1 aliphatic heterocycles. The van der Waals surface area contributed by atoms with Crippen LogP contribution in [-0.2, 0) is 19.8 Å². The number of rotatable bonds is 14. The molecular weight excluding hydrogens is 604 g/mol. The Morgan fingerprint density at radius 1 is 0.660 bits per heavy atom. The lowest BCUT2D eigenvalue weighted by Gasteiger charge is -2.29. The summed E-state index contributed by atoms with van der Waals surface area (Å²) in [5.74, 6) is 2.45. The fraction of sp³-hybridized carbons (Fsp3) is 0.250. The number of nitrogens with one attached hydrogen (secondary N) is 2. The maximum Gasteiger partial charge on any atom is 0.255 e. The van der Waals surface area contributed by atoms with Crippen LogP contribution in [0.3, 0.4) is 0 Å². The highest BCUT2D eigenvalue weighted by Gasteiger charge is 2.25. The van der Waals surface area contributed by atoms with Crippen molar-refractivity contribution in [2.75, 3.05) is 39.9 Å². The van der Waals surface area contributed by atoms with Crippen LogP contribution >= 0.6 is 0 Å². The van der Waals surface area contributed by atoms with Gasteiger partial charge in [-0.05, 0) is 76.9 Å². The monoisotopic (exact) mass is 642 g/mol. The minimum absolute atomic E-state index is 0.199. The number of hydrogen-bond acceptors (Lipinski definition) is 10. The molecule has 1 aliphatic rings. The molecule has 1 unspecified atom stereocenters. The van der Waals surface area contributed by atoms with E-state index in [0.717, 1.165) is 16.7 Å². The Morgan fingerprint density at radius 2 is 1.36 bits per heavy atom. The lowest BCUT2D eigenvalue weighted by Crippen LogP contribution is -2.38. The molecule has 0 spiro atoms. The first-order valence-electron chi connectivity index (χ1n) is 14.9. The van der Waals surface area contributed by atoms with Gasteiger partial charge < -0.3 is 49.6 Å². The van der Waals surface area contributed by atoms with Gasteiger partial charge in [-0.3, -0.25) is 4.79 Å². The highest BCUT2D eigenvalue weighted by atomic mass is 16.5. The summed E-state index contributed by atoms with van der Waals surface area (Å²) in [6, 6.07) is 19.8. The van der Waals surface area contributed by atoms with Gasteiger partial charge >= 0.3 is 0 Å². The zero-order valence-electron chi connectivity index (χ0n) is 26.4. The summed E-state index contributed by atoms with van der Waals surface area (Å²) in [4.78, 5) is 12.8. The third-order valence-corrected chi connectivity index (χ3v) is 7.76. The zero-order valence-corrected chi connectivity index (χ0v) is 26.4. The summed E-state index contributed by atoms with van der Waals surface area (Å²) >= 11 is 0. The van der Waals surface area contributed by atoms with E-state index in [0.29, 0.717) is 56.7 Å². The van der Waals surface area contributed by atoms with E-state index in [9.17, 15) is 20.1 Å². The van der Waals surface area contributed by atoms with Crippen LogP contribution in [0.1, 0.15) is 49.9 Å². The molecule has 0 aromatic heterocycles. The fourth-order valence-corrected chi connectivity index (χ4v) is 5.31. The van der Waals surface area contributed by atoms with E-state index in [1.54, 1.807) is 62.8 Å². The molecule has 11 heteroatoms. The number of amides is 1. The first-order chi connectivity index (χ1) is 22.9. The van der Waals surface area contributed by atoms with Crippen molar-refractivity contribution in [3.63, 3.8) is 0 Å². The highest BCUT2D eigenvalue weighted by molar-refractivity contribution is 6.02. The molecule has 47 heavy (non-hydrogen) atoms. The molecule has 11 nitrogen and oxygen atoms in total. The van der Waals surface area contributed by atoms with Crippen molar-refractivity contribution in [1.82, 2.24) is 5.32 Å². The van der Waals surface area contributed by atoms with E-state index < -0.39 is 6.17 Å². The Balaban J connectivity index is 1.22. The van der Waals surface area contributed by atoms with Gasteiger partial charge in [0.05, 0.1) is 46.7 Å². The number of ether oxygens (including phenoxy) is 5. The zero-order chi connectivity index (χ0) is 33.3. The van der Waals surface area contributed by atoms with Crippen molar-refractivity contribution in [1.29, 1.82) is 0 Å². The van der Waals surface area contributed by atoms with Gasteiger partial charge in [-0.25, -0.2) is 0 Å². The smallest absolute Gasteiger partial charge is 0.255 e. The Labute approximate surface area is 272 Å². The van der Waals surface area contributed by atoms with E-state index in [1.165, 1.54) is 7.11 Å². The van der Waals surface area contributed by atoms with Crippen LogP contribution in [0.2, 0.25) is 0 Å². The number of aliphatic hydroxyl groups is 3. The summed E-state index contributed by atoms with van der Waals surface area (Å²) in [6.45, 7) is -0.306. The van der Waals surface area contributed by atoms with E-state index in [4.69, 9.17) is 23.7 Å². The van der Waals surface area contributed by atoms with Crippen LogP contribution in [0, 0.1) is 0 Å². The predicted molar refractivity (Wildman–Crippen MR) is 177 cm³/mol. The van der Waals surface area contributed by atoms with Crippen molar-refractivity contribution in [3.05, 3.63) is 106 Å². The Morgan fingerprint density at radius 3 is 2.06 bits per heavy atom. The lowest BCUT2D eigenvalue weighted by atomic mass is 10.0. The van der Waals surface area contributed by atoms with E-state index >= 15 is 0 Å². The first-order valence-corrected chi connectivity index (χ1v) is 14.9. The quantitative estimate of drug-likeness (QED) is 0.0971. The average molecular weight is 643 g/mol. The van der Waals surface area contributed by atoms with Crippen LogP contribution < -0.4 is 34.3 Å². The van der Waals surface area contributed by atoms with Crippen LogP contribution in [0.5, 0.6) is 28.7 Å². The Hall–Kier alpha value is -5.23. The van der Waals surface area contributed by atoms with Crippen molar-refractivity contribution in [2.45, 2.75) is 26.0 Å². The Kier molecular flexibility index (Phi) is 10.8. The van der Waals surface area contributed by atoms with Gasteiger partial charge in [-0.15, -0.1) is 0 Å². The normalized spacial score (nSPS) is 13.8. The molecule has 1 heterocycles. The van der Waals surface area contributed by atoms with Crippen LogP contribution in [0.25, 0.3) is 12.2 Å². The SMILES string of the molecule is COc1ccc2c(c1)C(=O)NC(c1ccc(OCCOc3cc(/C=C\c4cc(CO)c(CO)c(OC)c4)ccc3OC)c(CO)c1)N2. The van der Waals surface area contributed by atoms with Gasteiger partial charge in [0.2, 0.25) is 0 Å². The number of hydrogen-bond donors (Lipinski definition) is 5. The van der Waals surface area contributed by atoms with Crippen molar-refractivity contribution in [2.24, 2.45) is 0 Å². The molecule has 0 saturated heterocycles. The molecular formula is C36H38N2O9. The number of aliphatic hydroxyl groups excluding tert-OH is 3. The van der Waals surface area contributed by atoms with Gasteiger partial charge in [0, 0.05) is 16.8 Å². The molecule has 0 saturated carbocycles. The van der Waals surface area contributed by atoms with E-state index in [1.807, 2.05) is 30.4 Å². The van der Waals surface area contributed by atoms with Gasteiger partial charge in [-0.2, -0.15) is 0 Å². The minimum Gasteiger partial charge on any atom is -0.497 e. The molecule has 4 aromatic carbocycles. The summed E-state index contributed by atoms with van der Waals surface area (Å²) in [7, 11) is 4.63. The number of fused-ring (bicyclic) bond motifs is 1. The maximum absolute atomic E-state index is 12.8. The minimum atomic E-state index is -0.487. The first kappa shape index (κ1) is 33.1. The third-order valence-electron chi connectivity index (χ3n) is 7.76. The summed E-state index contributed by atoms with van der Waals surface area (Å²) in [5.41, 5.74) is 5.30. The molecule has 0 aliphatic carbocycles. The lowest BCUT2D eigenvalue weighted by molar-refractivity contribution is 0.0935. The number of carbonyl (C=O) groups excluding carboxylic acids is 1. The van der Waals surface area contributed by atoms with Crippen molar-refractivity contribution in [3.8, 4) is 28.7 Å². The molecule has 5 rings (SSSR count). The topological polar surface area (TPSA) is 148 Å². The second-order valence-corrected chi connectivity index (χ2v) is 10.6. The average Bonchev–Trinajstić information content (AvgIpc) is 3.11. The number of anilines is 1. The van der Waals surface area contributed by atoms with Gasteiger partial charge in [0.25, 0.3) is 5.91 Å². The van der Waals surface area contributed by atoms with E-state index in [2.05, 4.69) is 10.6 Å².